The summed E-state index contributed by atoms with van der Waals surface area (Å²) in [5, 5.41) is 45.6. The molecule has 4 aromatic carbocycles. The third kappa shape index (κ3) is 11.2. The molecule has 5 N–H and O–H groups in total. The summed E-state index contributed by atoms with van der Waals surface area (Å²) in [5.74, 6) is 0.331. The highest BCUT2D eigenvalue weighted by atomic mass is 35.5. The van der Waals surface area contributed by atoms with Crippen LogP contribution in [0.15, 0.2) is 92.1 Å². The van der Waals surface area contributed by atoms with E-state index in [9.17, 15) is 23.2 Å². The number of hydrogen-bond donors (Lipinski definition) is 5. The quantitative estimate of drug-likeness (QED) is 0.0352. The van der Waals surface area contributed by atoms with Crippen molar-refractivity contribution in [1.29, 1.82) is 0 Å². The first-order valence-electron chi connectivity index (χ1n) is 20.3. The molecule has 0 spiro atoms. The lowest BCUT2D eigenvalue weighted by Crippen LogP contribution is -2.31. The monoisotopic (exact) mass is 978 g/mol. The molecule has 0 unspecified atom stereocenters. The fourth-order valence-electron chi connectivity index (χ4n) is 6.74. The number of hydrogen-bond acceptors (Lipinski definition) is 20. The maximum Gasteiger partial charge on any atom is 0.297 e. The van der Waals surface area contributed by atoms with Crippen molar-refractivity contribution < 1.29 is 23.2 Å². The van der Waals surface area contributed by atoms with Crippen LogP contribution in [0.4, 0.5) is 62.2 Å². The molecule has 0 saturated carbocycles. The topological polar surface area (TPSA) is 242 Å². The number of azo groups is 2. The lowest BCUT2D eigenvalue weighted by molar-refractivity contribution is 0.280. The molecule has 0 bridgehead atoms. The summed E-state index contributed by atoms with van der Waals surface area (Å²) in [6, 6.07) is 19.5. The van der Waals surface area contributed by atoms with Gasteiger partial charge in [0.2, 0.25) is 28.1 Å². The Morgan fingerprint density at radius 3 is 1.68 bits per heavy atom. The zero-order chi connectivity index (χ0) is 46.3. The summed E-state index contributed by atoms with van der Waals surface area (Å²) in [4.78, 5) is 28.7. The normalized spacial score (nSPS) is 12.0. The smallest absolute Gasteiger partial charge is 0.297 e. The molecule has 0 aliphatic rings. The molecule has 0 radical (unpaired) electrons. The Labute approximate surface area is 392 Å². The van der Waals surface area contributed by atoms with E-state index >= 15 is 0 Å². The van der Waals surface area contributed by atoms with Crippen LogP contribution in [-0.4, -0.2) is 101 Å². The molecule has 24 heteroatoms. The molecule has 19 nitrogen and oxygen atoms in total. The van der Waals surface area contributed by atoms with E-state index in [1.54, 1.807) is 17.0 Å². The molecule has 0 amide bonds. The molecule has 3 aromatic heterocycles. The fourth-order valence-corrected chi connectivity index (χ4v) is 10.2. The highest BCUT2D eigenvalue weighted by Gasteiger charge is 2.22. The molecule has 65 heavy (non-hydrogen) atoms. The summed E-state index contributed by atoms with van der Waals surface area (Å²) in [6.45, 7) is 10.8. The average molecular weight is 980 g/mol. The van der Waals surface area contributed by atoms with E-state index < -0.39 is 15.0 Å². The molecule has 0 saturated heterocycles. The van der Waals surface area contributed by atoms with Crippen molar-refractivity contribution in [3.8, 4) is 0 Å². The lowest BCUT2D eigenvalue weighted by Gasteiger charge is -2.24. The Morgan fingerprint density at radius 2 is 1.15 bits per heavy atom. The number of aromatic nitrogens is 5. The van der Waals surface area contributed by atoms with Gasteiger partial charge in [-0.05, 0) is 94.4 Å². The van der Waals surface area contributed by atoms with Gasteiger partial charge in [0, 0.05) is 55.7 Å². The molecular weight excluding hydrogens is 936 g/mol. The Morgan fingerprint density at radius 1 is 0.631 bits per heavy atom. The fraction of sp³-hybridized carbons (Fsp3) is 0.293. The van der Waals surface area contributed by atoms with Gasteiger partial charge in [-0.25, -0.2) is 9.97 Å². The number of rotatable bonds is 20. The molecule has 0 fully saturated rings. The molecule has 7 aromatic rings. The van der Waals surface area contributed by atoms with Crippen molar-refractivity contribution in [2.24, 2.45) is 20.5 Å². The van der Waals surface area contributed by atoms with E-state index in [1.165, 1.54) is 23.5 Å². The predicted octanol–water partition coefficient (Wildman–Crippen LogP) is 10.4. The van der Waals surface area contributed by atoms with Crippen LogP contribution in [0.25, 0.3) is 20.4 Å². The zero-order valence-corrected chi connectivity index (χ0v) is 39.5. The van der Waals surface area contributed by atoms with Gasteiger partial charge < -0.3 is 35.5 Å². The van der Waals surface area contributed by atoms with Gasteiger partial charge >= 0.3 is 0 Å². The lowest BCUT2D eigenvalue weighted by atomic mass is 10.2. The Bertz CT molecular complexity index is 2980. The summed E-state index contributed by atoms with van der Waals surface area (Å²) in [6.07, 6.45) is 0. The van der Waals surface area contributed by atoms with Gasteiger partial charge in [-0.15, -0.1) is 20.5 Å². The molecule has 0 aliphatic heterocycles. The number of aliphatic hydroxyl groups is 2. The number of nitrogens with zero attached hydrogens (tertiary/aromatic N) is 12. The Hall–Kier alpha value is -5.72. The minimum atomic E-state index is -4.67. The van der Waals surface area contributed by atoms with Crippen LogP contribution in [0, 0.1) is 0 Å². The van der Waals surface area contributed by atoms with Gasteiger partial charge in [-0.3, -0.25) is 4.55 Å². The van der Waals surface area contributed by atoms with E-state index in [1.807, 2.05) is 56.3 Å². The number of benzene rings is 4. The third-order valence-corrected chi connectivity index (χ3v) is 13.5. The second kappa shape index (κ2) is 21.1. The van der Waals surface area contributed by atoms with E-state index in [2.05, 4.69) is 64.7 Å². The summed E-state index contributed by atoms with van der Waals surface area (Å²) >= 11 is 14.6. The Balaban J connectivity index is 1.31. The number of nitrogens with one attached hydrogen (secondary N) is 2. The maximum absolute atomic E-state index is 12.2. The number of fused-ring (bicyclic) bond motifs is 2. The van der Waals surface area contributed by atoms with Crippen molar-refractivity contribution in [2.75, 3.05) is 77.8 Å². The van der Waals surface area contributed by atoms with Gasteiger partial charge in [0.1, 0.15) is 16.3 Å². The van der Waals surface area contributed by atoms with Crippen LogP contribution in [-0.2, 0) is 10.1 Å². The number of thiazole rings is 2. The average Bonchev–Trinajstić information content (AvgIpc) is 3.89. The van der Waals surface area contributed by atoms with Crippen LogP contribution in [0.3, 0.4) is 0 Å². The first kappa shape index (κ1) is 47.2. The van der Waals surface area contributed by atoms with Crippen LogP contribution in [0.5, 0.6) is 0 Å². The summed E-state index contributed by atoms with van der Waals surface area (Å²) in [5.41, 5.74) is 4.56. The minimum absolute atomic E-state index is 0.0789. The second-order valence-corrected chi connectivity index (χ2v) is 18.1. The second-order valence-electron chi connectivity index (χ2n) is 13.9. The van der Waals surface area contributed by atoms with Crippen LogP contribution in [0.1, 0.15) is 27.7 Å². The van der Waals surface area contributed by atoms with E-state index in [0.717, 1.165) is 46.0 Å². The molecular formula is C41H44Cl2N14O5S3. The first-order valence-corrected chi connectivity index (χ1v) is 24.2. The van der Waals surface area contributed by atoms with Crippen molar-refractivity contribution in [3.63, 3.8) is 0 Å². The highest BCUT2D eigenvalue weighted by Crippen LogP contribution is 2.40. The van der Waals surface area contributed by atoms with E-state index in [-0.39, 0.29) is 64.5 Å². The van der Waals surface area contributed by atoms with Gasteiger partial charge in [0.05, 0.1) is 50.0 Å². The molecule has 340 valence electrons. The van der Waals surface area contributed by atoms with Crippen molar-refractivity contribution >= 4 is 139 Å². The van der Waals surface area contributed by atoms with Crippen molar-refractivity contribution in [3.05, 3.63) is 76.8 Å². The Kier molecular flexibility index (Phi) is 15.3. The predicted molar refractivity (Wildman–Crippen MR) is 260 cm³/mol. The van der Waals surface area contributed by atoms with Crippen molar-refractivity contribution in [2.45, 2.75) is 32.6 Å². The number of aliphatic hydroxyl groups excluding tert-OH is 2. The molecule has 0 aliphatic carbocycles. The molecule has 3 heterocycles. The van der Waals surface area contributed by atoms with E-state index in [4.69, 9.17) is 38.2 Å². The van der Waals surface area contributed by atoms with Crippen LogP contribution in [0.2, 0.25) is 10.0 Å². The molecule has 7 rings (SSSR count). The summed E-state index contributed by atoms with van der Waals surface area (Å²) < 4.78 is 35.3. The van der Waals surface area contributed by atoms with Gasteiger partial charge in [0.25, 0.3) is 10.1 Å². The maximum atomic E-state index is 12.2. The van der Waals surface area contributed by atoms with E-state index in [0.29, 0.717) is 46.0 Å². The summed E-state index contributed by atoms with van der Waals surface area (Å²) in [7, 11) is -4.67. The number of halogens is 2. The standard InChI is InChI=1S/C41H44Cl2N14O5S3/c1-5-55(6-2)25-10-14-28(51-53-40-46-30-13-9-24(42)21-34(30)63-40)32(22-25)44-37-48-38(50-39(49-37)57(17-19-58)18-20-59)45-33-23-26(56(7-3)8-4)11-15-29(33)52-54-41-47-31-16-12-27(43)36(35(31)64-41)65(60,61)62/h9-16,21-23,58-59H,5-8,17-20H2,1-4H3,(H,60,61,62)(H2,44,45,48,49,50). The highest BCUT2D eigenvalue weighted by molar-refractivity contribution is 7.86. The zero-order valence-electron chi connectivity index (χ0n) is 35.5. The van der Waals surface area contributed by atoms with Gasteiger partial charge in [0.15, 0.2) is 0 Å². The molecule has 0 atom stereocenters. The van der Waals surface area contributed by atoms with Gasteiger partial charge in [-0.1, -0.05) is 45.9 Å². The third-order valence-electron chi connectivity index (χ3n) is 9.89. The van der Waals surface area contributed by atoms with Gasteiger partial charge in [-0.2, -0.15) is 23.4 Å². The van der Waals surface area contributed by atoms with Crippen LogP contribution >= 0.6 is 45.9 Å². The largest absolute Gasteiger partial charge is 0.395 e. The number of anilines is 7. The van der Waals surface area contributed by atoms with Crippen molar-refractivity contribution in [1.82, 2.24) is 24.9 Å². The van der Waals surface area contributed by atoms with Crippen LogP contribution < -0.4 is 25.3 Å². The first-order chi connectivity index (χ1) is 31.3. The minimum Gasteiger partial charge on any atom is -0.395 e. The SMILES string of the molecule is CCN(CC)c1ccc(N=Nc2nc3ccc(Cl)cc3s2)c(Nc2nc(Nc3cc(N(CC)CC)ccc3N=Nc3nc4ccc(Cl)c(S(=O)(=O)O)c4s3)nc(N(CCO)CCO)n2)c1.